The molecule has 3 heteroatoms. The standard InChI is InChI=1S/C14H16ClNO/c15-9-4-1-5-10-16-11-8-12-6-2-3-7-13(12)14(16)17/h2-3,6-8,11H,1,4-5,9-10H2. The summed E-state index contributed by atoms with van der Waals surface area (Å²) in [6, 6.07) is 9.70. The number of nitrogens with zero attached hydrogens (tertiary/aromatic N) is 1. The Bertz CT molecular complexity index is 547. The molecule has 1 aromatic carbocycles. The zero-order chi connectivity index (χ0) is 12.1. The van der Waals surface area contributed by atoms with Crippen molar-refractivity contribution in [1.82, 2.24) is 4.57 Å². The minimum absolute atomic E-state index is 0.106. The summed E-state index contributed by atoms with van der Waals surface area (Å²) < 4.78 is 1.79. The molecule has 17 heavy (non-hydrogen) atoms. The lowest BCUT2D eigenvalue weighted by molar-refractivity contribution is 0.592. The Balaban J connectivity index is 2.18. The van der Waals surface area contributed by atoms with Crippen molar-refractivity contribution in [2.75, 3.05) is 5.88 Å². The van der Waals surface area contributed by atoms with Gasteiger partial charge in [-0.25, -0.2) is 0 Å². The number of aryl methyl sites for hydroxylation is 1. The van der Waals surface area contributed by atoms with Crippen LogP contribution < -0.4 is 5.56 Å². The van der Waals surface area contributed by atoms with Gasteiger partial charge in [-0.2, -0.15) is 0 Å². The van der Waals surface area contributed by atoms with Gasteiger partial charge in [-0.05, 0) is 30.4 Å². The minimum Gasteiger partial charge on any atom is -0.315 e. The van der Waals surface area contributed by atoms with E-state index < -0.39 is 0 Å². The zero-order valence-corrected chi connectivity index (χ0v) is 10.5. The van der Waals surface area contributed by atoms with Crippen molar-refractivity contribution in [3.8, 4) is 0 Å². The molecule has 2 rings (SSSR count). The molecular weight excluding hydrogens is 234 g/mol. The number of fused-ring (bicyclic) bond motifs is 1. The summed E-state index contributed by atoms with van der Waals surface area (Å²) in [4.78, 5) is 12.1. The van der Waals surface area contributed by atoms with Gasteiger partial charge in [0, 0.05) is 24.0 Å². The Kier molecular flexibility index (Phi) is 4.21. The van der Waals surface area contributed by atoms with Crippen molar-refractivity contribution >= 4 is 22.4 Å². The Labute approximate surface area is 106 Å². The summed E-state index contributed by atoms with van der Waals surface area (Å²) >= 11 is 5.62. The lowest BCUT2D eigenvalue weighted by atomic mass is 10.2. The maximum Gasteiger partial charge on any atom is 0.258 e. The molecule has 2 aromatic rings. The summed E-state index contributed by atoms with van der Waals surface area (Å²) in [5, 5.41) is 1.81. The molecule has 0 unspecified atom stereocenters. The van der Waals surface area contributed by atoms with Gasteiger partial charge in [0.1, 0.15) is 0 Å². The second-order valence-electron chi connectivity index (χ2n) is 4.15. The number of hydrogen-bond donors (Lipinski definition) is 0. The molecule has 0 bridgehead atoms. The van der Waals surface area contributed by atoms with E-state index in [1.54, 1.807) is 4.57 Å². The SMILES string of the molecule is O=c1c2ccccc2ccn1CCCCCCl. The van der Waals surface area contributed by atoms with Crippen molar-refractivity contribution in [2.45, 2.75) is 25.8 Å². The van der Waals surface area contributed by atoms with Crippen LogP contribution in [0.3, 0.4) is 0 Å². The molecule has 0 aliphatic heterocycles. The minimum atomic E-state index is 0.106. The van der Waals surface area contributed by atoms with Gasteiger partial charge >= 0.3 is 0 Å². The fourth-order valence-electron chi connectivity index (χ4n) is 1.96. The van der Waals surface area contributed by atoms with E-state index >= 15 is 0 Å². The van der Waals surface area contributed by atoms with Gasteiger partial charge in [-0.3, -0.25) is 4.79 Å². The first-order chi connectivity index (χ1) is 8.33. The fourth-order valence-corrected chi connectivity index (χ4v) is 2.15. The van der Waals surface area contributed by atoms with Crippen molar-refractivity contribution < 1.29 is 0 Å². The molecule has 0 saturated heterocycles. The summed E-state index contributed by atoms with van der Waals surface area (Å²) in [7, 11) is 0. The van der Waals surface area contributed by atoms with Crippen LogP contribution in [0.15, 0.2) is 41.3 Å². The molecule has 0 N–H and O–H groups in total. The Morgan fingerprint density at radius 2 is 1.88 bits per heavy atom. The van der Waals surface area contributed by atoms with E-state index in [9.17, 15) is 4.79 Å². The van der Waals surface area contributed by atoms with Crippen molar-refractivity contribution in [3.05, 3.63) is 46.9 Å². The van der Waals surface area contributed by atoms with E-state index in [4.69, 9.17) is 11.6 Å². The van der Waals surface area contributed by atoms with Gasteiger partial charge in [0.25, 0.3) is 5.56 Å². The van der Waals surface area contributed by atoms with Crippen LogP contribution in [0.1, 0.15) is 19.3 Å². The first-order valence-corrected chi connectivity index (χ1v) is 6.50. The van der Waals surface area contributed by atoms with Crippen LogP contribution in [0, 0.1) is 0 Å². The lowest BCUT2D eigenvalue weighted by Crippen LogP contribution is -2.19. The third-order valence-corrected chi connectivity index (χ3v) is 3.19. The van der Waals surface area contributed by atoms with Crippen molar-refractivity contribution in [2.24, 2.45) is 0 Å². The number of benzene rings is 1. The highest BCUT2D eigenvalue weighted by molar-refractivity contribution is 6.17. The normalized spacial score (nSPS) is 10.9. The summed E-state index contributed by atoms with van der Waals surface area (Å²) in [5.41, 5.74) is 0.106. The maximum absolute atomic E-state index is 12.1. The van der Waals surface area contributed by atoms with Crippen LogP contribution in [0.2, 0.25) is 0 Å². The van der Waals surface area contributed by atoms with Gasteiger partial charge in [-0.1, -0.05) is 24.6 Å². The molecule has 1 aromatic heterocycles. The predicted octanol–water partition coefficient (Wildman–Crippen LogP) is 3.41. The Morgan fingerprint density at radius 3 is 2.71 bits per heavy atom. The van der Waals surface area contributed by atoms with Crippen molar-refractivity contribution in [3.63, 3.8) is 0 Å². The molecule has 0 aliphatic rings. The molecule has 90 valence electrons. The van der Waals surface area contributed by atoms with Crippen LogP contribution in [0.4, 0.5) is 0 Å². The molecule has 2 nitrogen and oxygen atoms in total. The smallest absolute Gasteiger partial charge is 0.258 e. The first kappa shape index (κ1) is 12.2. The fraction of sp³-hybridized carbons (Fsp3) is 0.357. The Morgan fingerprint density at radius 1 is 1.06 bits per heavy atom. The molecule has 0 saturated carbocycles. The highest BCUT2D eigenvalue weighted by atomic mass is 35.5. The quantitative estimate of drug-likeness (QED) is 0.588. The van der Waals surface area contributed by atoms with E-state index in [1.165, 1.54) is 0 Å². The molecule has 0 aliphatic carbocycles. The van der Waals surface area contributed by atoms with E-state index in [-0.39, 0.29) is 5.56 Å². The summed E-state index contributed by atoms with van der Waals surface area (Å²) in [5.74, 6) is 0.701. The molecule has 1 heterocycles. The van der Waals surface area contributed by atoms with E-state index in [2.05, 4.69) is 0 Å². The molecular formula is C14H16ClNO. The molecule has 0 spiro atoms. The van der Waals surface area contributed by atoms with Gasteiger partial charge < -0.3 is 4.57 Å². The number of hydrogen-bond acceptors (Lipinski definition) is 1. The number of alkyl halides is 1. The molecule has 0 fully saturated rings. The van der Waals surface area contributed by atoms with Gasteiger partial charge in [0.05, 0.1) is 0 Å². The lowest BCUT2D eigenvalue weighted by Gasteiger charge is -2.06. The molecule has 0 radical (unpaired) electrons. The van der Waals surface area contributed by atoms with Gasteiger partial charge in [0.2, 0.25) is 0 Å². The topological polar surface area (TPSA) is 22.0 Å². The number of halogens is 1. The zero-order valence-electron chi connectivity index (χ0n) is 9.73. The number of rotatable bonds is 5. The monoisotopic (exact) mass is 249 g/mol. The number of pyridine rings is 1. The highest BCUT2D eigenvalue weighted by Gasteiger charge is 2.01. The summed E-state index contributed by atoms with van der Waals surface area (Å²) in [6.07, 6.45) is 4.98. The predicted molar refractivity (Wildman–Crippen MR) is 72.8 cm³/mol. The first-order valence-electron chi connectivity index (χ1n) is 5.97. The third kappa shape index (κ3) is 2.89. The van der Waals surface area contributed by atoms with Crippen LogP contribution in [0.5, 0.6) is 0 Å². The highest BCUT2D eigenvalue weighted by Crippen LogP contribution is 2.08. The third-order valence-electron chi connectivity index (χ3n) is 2.92. The maximum atomic E-state index is 12.1. The second-order valence-corrected chi connectivity index (χ2v) is 4.53. The van der Waals surface area contributed by atoms with Crippen molar-refractivity contribution in [1.29, 1.82) is 0 Å². The van der Waals surface area contributed by atoms with Crippen LogP contribution in [-0.2, 0) is 6.54 Å². The molecule has 0 atom stereocenters. The van der Waals surface area contributed by atoms with Gasteiger partial charge in [0.15, 0.2) is 0 Å². The van der Waals surface area contributed by atoms with Crippen LogP contribution >= 0.6 is 11.6 Å². The number of aromatic nitrogens is 1. The van der Waals surface area contributed by atoms with Crippen LogP contribution in [-0.4, -0.2) is 10.4 Å². The van der Waals surface area contributed by atoms with E-state index in [0.717, 1.165) is 36.6 Å². The molecule has 0 amide bonds. The largest absolute Gasteiger partial charge is 0.315 e. The number of unbranched alkanes of at least 4 members (excludes halogenated alkanes) is 2. The Hall–Kier alpha value is -1.28. The average molecular weight is 250 g/mol. The summed E-state index contributed by atoms with van der Waals surface area (Å²) in [6.45, 7) is 0.778. The second kappa shape index (κ2) is 5.87. The average Bonchev–Trinajstić information content (AvgIpc) is 2.37. The van der Waals surface area contributed by atoms with E-state index in [1.807, 2.05) is 36.5 Å². The van der Waals surface area contributed by atoms with E-state index in [0.29, 0.717) is 5.88 Å². The van der Waals surface area contributed by atoms with Gasteiger partial charge in [-0.15, -0.1) is 11.6 Å². The van der Waals surface area contributed by atoms with Crippen LogP contribution in [0.25, 0.3) is 10.8 Å².